The van der Waals surface area contributed by atoms with Gasteiger partial charge in [-0.05, 0) is 0 Å². The monoisotopic (exact) mass is 196 g/mol. The third-order valence-corrected chi connectivity index (χ3v) is 0.861. The summed E-state index contributed by atoms with van der Waals surface area (Å²) in [5.41, 5.74) is 0. The second-order valence-corrected chi connectivity index (χ2v) is 3.16. The van der Waals surface area contributed by atoms with Crippen molar-refractivity contribution in [2.45, 2.75) is 4.59 Å². The Labute approximate surface area is 63.6 Å². The van der Waals surface area contributed by atoms with E-state index in [1.54, 1.807) is 0 Å². The molecule has 0 rings (SSSR count). The van der Waals surface area contributed by atoms with Gasteiger partial charge >= 0.3 is 11.4 Å². The van der Waals surface area contributed by atoms with E-state index in [0.717, 1.165) is 0 Å². The van der Waals surface area contributed by atoms with Crippen LogP contribution < -0.4 is 0 Å². The maximum absolute atomic E-state index is 11.9. The molecule has 3 nitrogen and oxygen atoms in total. The van der Waals surface area contributed by atoms with Gasteiger partial charge in [0.1, 0.15) is 6.61 Å². The topological polar surface area (TPSA) is 46.5 Å². The van der Waals surface area contributed by atoms with E-state index >= 15 is 0 Å². The van der Waals surface area contributed by atoms with Crippen LogP contribution in [0.15, 0.2) is 0 Å². The van der Waals surface area contributed by atoms with E-state index in [-0.39, 0.29) is 0 Å². The molecule has 56 valence electrons. The summed E-state index contributed by atoms with van der Waals surface area (Å²) >= 11 is 6.89. The fraction of sp³-hybridized carbons (Fsp3) is 1.00. The van der Waals surface area contributed by atoms with E-state index in [9.17, 15) is 8.60 Å². The summed E-state index contributed by atoms with van der Waals surface area (Å²) < 4.78 is 30.6. The van der Waals surface area contributed by atoms with Crippen molar-refractivity contribution in [2.24, 2.45) is 0 Å². The molecule has 0 amide bonds. The van der Waals surface area contributed by atoms with Crippen molar-refractivity contribution in [3.05, 3.63) is 0 Å². The Bertz CT molecular complexity index is 113. The largest absolute Gasteiger partial charge is 0.302 e. The van der Waals surface area contributed by atoms with Crippen molar-refractivity contribution in [3.63, 3.8) is 0 Å². The third kappa shape index (κ3) is 8.58. The van der Waals surface area contributed by atoms with Gasteiger partial charge < -0.3 is 0 Å². The zero-order valence-electron chi connectivity index (χ0n) is 4.01. The van der Waals surface area contributed by atoms with E-state index in [2.05, 4.69) is 4.18 Å². The molecule has 0 aliphatic carbocycles. The molecular weight excluding hydrogens is 194 g/mol. The van der Waals surface area contributed by atoms with Crippen LogP contribution >= 0.6 is 23.2 Å². The maximum atomic E-state index is 11.9. The highest BCUT2D eigenvalue weighted by Gasteiger charge is 2.23. The maximum Gasteiger partial charge on any atom is 0.302 e. The van der Waals surface area contributed by atoms with Gasteiger partial charge in [0.25, 0.3) is 4.59 Å². The summed E-state index contributed by atoms with van der Waals surface area (Å²) in [7, 11) is 0. The normalized spacial score (nSPS) is 15.6. The van der Waals surface area contributed by atoms with Crippen LogP contribution in [0.5, 0.6) is 0 Å². The Morgan fingerprint density at radius 2 is 2.22 bits per heavy atom. The first-order chi connectivity index (χ1) is 3.92. The lowest BCUT2D eigenvalue weighted by Gasteiger charge is -2.05. The molecule has 0 radical (unpaired) electrons. The average molecular weight is 197 g/mol. The minimum absolute atomic E-state index is 0.834. The van der Waals surface area contributed by atoms with Crippen LogP contribution in [0.1, 0.15) is 0 Å². The molecule has 0 fully saturated rings. The van der Waals surface area contributed by atoms with Gasteiger partial charge in [-0.1, -0.05) is 23.2 Å². The summed E-state index contributed by atoms with van der Waals surface area (Å²) in [6.07, 6.45) is 0. The van der Waals surface area contributed by atoms with Crippen LogP contribution in [0, 0.1) is 0 Å². The third-order valence-electron chi connectivity index (χ3n) is 0.323. The smallest absolute Gasteiger partial charge is 0.284 e. The molecule has 0 aliphatic rings. The lowest BCUT2D eigenvalue weighted by molar-refractivity contribution is 0.223. The van der Waals surface area contributed by atoms with Gasteiger partial charge in [0.15, 0.2) is 0 Å². The van der Waals surface area contributed by atoms with Crippen molar-refractivity contribution >= 4 is 34.6 Å². The van der Waals surface area contributed by atoms with E-state index in [4.69, 9.17) is 27.8 Å². The Morgan fingerprint density at radius 1 is 1.78 bits per heavy atom. The number of hydrogen-bond acceptors (Lipinski definition) is 2. The van der Waals surface area contributed by atoms with Crippen LogP contribution in [-0.2, 0) is 15.5 Å². The van der Waals surface area contributed by atoms with Gasteiger partial charge in [0.2, 0.25) is 0 Å². The van der Waals surface area contributed by atoms with E-state index in [1.165, 1.54) is 0 Å². The fourth-order valence-electron chi connectivity index (χ4n) is 0.117. The summed E-state index contributed by atoms with van der Waals surface area (Å²) in [4.78, 5) is 0. The molecule has 0 saturated heterocycles. The molecule has 7 heteroatoms. The van der Waals surface area contributed by atoms with Crippen molar-refractivity contribution in [1.29, 1.82) is 0 Å². The van der Waals surface area contributed by atoms with Crippen LogP contribution in [-0.4, -0.2) is 20.0 Å². The van der Waals surface area contributed by atoms with Crippen LogP contribution in [0.25, 0.3) is 0 Å². The number of hydrogen-bond donors (Lipinski definition) is 1. The molecule has 0 heterocycles. The zero-order valence-corrected chi connectivity index (χ0v) is 6.34. The molecule has 0 saturated carbocycles. The Kier molecular flexibility index (Phi) is 3.91. The van der Waals surface area contributed by atoms with Gasteiger partial charge in [-0.2, -0.15) is 4.21 Å². The molecule has 0 aromatic rings. The number of alkyl halides is 3. The van der Waals surface area contributed by atoms with Gasteiger partial charge in [-0.15, -0.1) is 0 Å². The molecule has 0 bridgehead atoms. The molecule has 1 N–H and O–H groups in total. The van der Waals surface area contributed by atoms with Crippen molar-refractivity contribution in [3.8, 4) is 0 Å². The van der Waals surface area contributed by atoms with Gasteiger partial charge in [-0.3, -0.25) is 8.74 Å². The molecule has 9 heavy (non-hydrogen) atoms. The summed E-state index contributed by atoms with van der Waals surface area (Å²) in [6, 6.07) is 0. The zero-order chi connectivity index (χ0) is 7.49. The SMILES string of the molecule is O=S(O)OCC(F)(Cl)Cl. The van der Waals surface area contributed by atoms with Crippen LogP contribution in [0.3, 0.4) is 0 Å². The Balaban J connectivity index is 3.39. The van der Waals surface area contributed by atoms with Gasteiger partial charge in [0.05, 0.1) is 0 Å². The van der Waals surface area contributed by atoms with Crippen molar-refractivity contribution < 1.29 is 17.3 Å². The van der Waals surface area contributed by atoms with E-state index < -0.39 is 22.6 Å². The van der Waals surface area contributed by atoms with Crippen molar-refractivity contribution in [1.82, 2.24) is 0 Å². The first-order valence-electron chi connectivity index (χ1n) is 1.73. The lowest BCUT2D eigenvalue weighted by Crippen LogP contribution is -2.14. The first kappa shape index (κ1) is 9.58. The highest BCUT2D eigenvalue weighted by Crippen LogP contribution is 2.22. The van der Waals surface area contributed by atoms with Crippen molar-refractivity contribution in [2.75, 3.05) is 6.61 Å². The second-order valence-electron chi connectivity index (χ2n) is 1.09. The average Bonchev–Trinajstić information content (AvgIpc) is 1.59. The quantitative estimate of drug-likeness (QED) is 0.546. The molecule has 1 atom stereocenters. The fourth-order valence-corrected chi connectivity index (χ4v) is 0.619. The van der Waals surface area contributed by atoms with E-state index in [0.29, 0.717) is 0 Å². The highest BCUT2D eigenvalue weighted by molar-refractivity contribution is 7.74. The minimum Gasteiger partial charge on any atom is -0.284 e. The van der Waals surface area contributed by atoms with Crippen LogP contribution in [0.2, 0.25) is 0 Å². The molecular formula is C2H3Cl2FO3S. The lowest BCUT2D eigenvalue weighted by atomic mass is 10.8. The van der Waals surface area contributed by atoms with Gasteiger partial charge in [0, 0.05) is 0 Å². The minimum atomic E-state index is -2.60. The molecule has 1 unspecified atom stereocenters. The Hall–Kier alpha value is 0.580. The Morgan fingerprint density at radius 3 is 2.33 bits per heavy atom. The predicted octanol–water partition coefficient (Wildman–Crippen LogP) is 1.24. The summed E-state index contributed by atoms with van der Waals surface area (Å²) in [5, 5.41) is 0. The second kappa shape index (κ2) is 3.68. The predicted molar refractivity (Wildman–Crippen MR) is 32.3 cm³/mol. The first-order valence-corrected chi connectivity index (χ1v) is 3.51. The summed E-state index contributed by atoms with van der Waals surface area (Å²) in [5.74, 6) is 0. The number of rotatable bonds is 3. The highest BCUT2D eigenvalue weighted by atomic mass is 35.5. The molecule has 0 aromatic carbocycles. The van der Waals surface area contributed by atoms with E-state index in [1.807, 2.05) is 0 Å². The van der Waals surface area contributed by atoms with Gasteiger partial charge in [-0.25, -0.2) is 4.39 Å². The van der Waals surface area contributed by atoms with Crippen LogP contribution in [0.4, 0.5) is 4.39 Å². The summed E-state index contributed by atoms with van der Waals surface area (Å²) in [6.45, 7) is -0.834. The molecule has 0 aromatic heterocycles. The molecule has 0 spiro atoms. The standard InChI is InChI=1S/C2H3Cl2FO3S/c3-2(4,5)1-8-9(6)7/h1H2,(H,6,7). The molecule has 0 aliphatic heterocycles. The number of halogens is 3.